The number of halogens is 3. The highest BCUT2D eigenvalue weighted by Gasteiger charge is 2.22. The van der Waals surface area contributed by atoms with E-state index in [1.807, 2.05) is 0 Å². The molecule has 0 aliphatic rings. The van der Waals surface area contributed by atoms with E-state index in [-0.39, 0.29) is 12.1 Å². The molecule has 1 atom stereocenters. The molecule has 1 heterocycles. The molecule has 3 rings (SSSR count). The first kappa shape index (κ1) is 17.7. The van der Waals surface area contributed by atoms with Crippen molar-refractivity contribution < 1.29 is 18.0 Å². The Morgan fingerprint density at radius 1 is 0.962 bits per heavy atom. The van der Waals surface area contributed by atoms with E-state index in [1.54, 1.807) is 24.4 Å². The van der Waals surface area contributed by atoms with Crippen LogP contribution in [0.2, 0.25) is 0 Å². The van der Waals surface area contributed by atoms with Crippen LogP contribution in [-0.4, -0.2) is 10.9 Å². The van der Waals surface area contributed by atoms with Crippen LogP contribution < -0.4 is 5.32 Å². The normalized spacial score (nSPS) is 11.8. The second kappa shape index (κ2) is 7.82. The summed E-state index contributed by atoms with van der Waals surface area (Å²) in [5.74, 6) is -3.55. The molecule has 1 unspecified atom stereocenters. The molecule has 132 valence electrons. The van der Waals surface area contributed by atoms with Gasteiger partial charge in [0.05, 0.1) is 5.92 Å². The molecule has 1 amide bonds. The molecule has 0 radical (unpaired) electrons. The first-order valence-corrected chi connectivity index (χ1v) is 7.94. The number of aromatic nitrogens is 1. The van der Waals surface area contributed by atoms with Crippen LogP contribution in [0.5, 0.6) is 0 Å². The maximum Gasteiger partial charge on any atom is 0.232 e. The lowest BCUT2D eigenvalue weighted by molar-refractivity contribution is -0.117. The van der Waals surface area contributed by atoms with Crippen LogP contribution in [0.3, 0.4) is 0 Å². The third-order valence-corrected chi connectivity index (χ3v) is 3.92. The van der Waals surface area contributed by atoms with Crippen LogP contribution >= 0.6 is 0 Å². The van der Waals surface area contributed by atoms with Gasteiger partial charge < -0.3 is 5.32 Å². The summed E-state index contributed by atoms with van der Waals surface area (Å²) in [6.07, 6.45) is 1.90. The van der Waals surface area contributed by atoms with E-state index in [1.165, 1.54) is 30.3 Å². The summed E-state index contributed by atoms with van der Waals surface area (Å²) in [6, 6.07) is 14.1. The third kappa shape index (κ3) is 4.27. The van der Waals surface area contributed by atoms with Crippen LogP contribution in [0.4, 0.5) is 18.9 Å². The zero-order valence-electron chi connectivity index (χ0n) is 13.6. The molecule has 0 aliphatic heterocycles. The first-order chi connectivity index (χ1) is 12.5. The summed E-state index contributed by atoms with van der Waals surface area (Å²) < 4.78 is 39.6. The second-order valence-electron chi connectivity index (χ2n) is 5.75. The molecule has 1 aromatic heterocycles. The van der Waals surface area contributed by atoms with Gasteiger partial charge in [0.15, 0.2) is 11.6 Å². The number of hydrogen-bond acceptors (Lipinski definition) is 2. The minimum Gasteiger partial charge on any atom is -0.325 e. The predicted molar refractivity (Wildman–Crippen MR) is 92.1 cm³/mol. The largest absolute Gasteiger partial charge is 0.325 e. The number of amides is 1. The second-order valence-corrected chi connectivity index (χ2v) is 5.75. The van der Waals surface area contributed by atoms with Crippen molar-refractivity contribution in [2.45, 2.75) is 12.3 Å². The smallest absolute Gasteiger partial charge is 0.232 e. The topological polar surface area (TPSA) is 42.0 Å². The molecule has 0 aliphatic carbocycles. The van der Waals surface area contributed by atoms with Gasteiger partial charge in [-0.25, -0.2) is 13.2 Å². The standard InChI is InChI=1S/C20H15F3N2O/c21-14-6-4-13(5-7-14)17(11-15-3-1-2-10-24-15)20(26)25-16-8-9-18(22)19(23)12-16/h1-10,12,17H,11H2,(H,25,26). The minimum atomic E-state index is -1.05. The van der Waals surface area contributed by atoms with Crippen LogP contribution in [0, 0.1) is 17.5 Å². The van der Waals surface area contributed by atoms with Crippen molar-refractivity contribution in [3.05, 3.63) is 95.6 Å². The van der Waals surface area contributed by atoms with Crippen LogP contribution in [0.25, 0.3) is 0 Å². The summed E-state index contributed by atoms with van der Waals surface area (Å²) in [4.78, 5) is 17.0. The summed E-state index contributed by atoms with van der Waals surface area (Å²) >= 11 is 0. The summed E-state index contributed by atoms with van der Waals surface area (Å²) in [7, 11) is 0. The van der Waals surface area contributed by atoms with Gasteiger partial charge in [0, 0.05) is 30.1 Å². The fraction of sp³-hybridized carbons (Fsp3) is 0.100. The van der Waals surface area contributed by atoms with Crippen LogP contribution in [-0.2, 0) is 11.2 Å². The van der Waals surface area contributed by atoms with Gasteiger partial charge >= 0.3 is 0 Å². The average molecular weight is 356 g/mol. The van der Waals surface area contributed by atoms with Gasteiger partial charge in [0.2, 0.25) is 5.91 Å². The van der Waals surface area contributed by atoms with Crippen molar-refractivity contribution >= 4 is 11.6 Å². The highest BCUT2D eigenvalue weighted by molar-refractivity contribution is 5.96. The Kier molecular flexibility index (Phi) is 5.31. The number of benzene rings is 2. The average Bonchev–Trinajstić information content (AvgIpc) is 2.64. The lowest BCUT2D eigenvalue weighted by Crippen LogP contribution is -2.23. The lowest BCUT2D eigenvalue weighted by atomic mass is 9.93. The molecule has 3 nitrogen and oxygen atoms in total. The van der Waals surface area contributed by atoms with Crippen molar-refractivity contribution in [1.29, 1.82) is 0 Å². The number of rotatable bonds is 5. The van der Waals surface area contributed by atoms with Crippen LogP contribution in [0.1, 0.15) is 17.2 Å². The Balaban J connectivity index is 1.87. The highest BCUT2D eigenvalue weighted by atomic mass is 19.2. The monoisotopic (exact) mass is 356 g/mol. The van der Waals surface area contributed by atoms with Gasteiger partial charge in [-0.2, -0.15) is 0 Å². The van der Waals surface area contributed by atoms with E-state index in [0.717, 1.165) is 12.1 Å². The number of hydrogen-bond donors (Lipinski definition) is 1. The summed E-state index contributed by atoms with van der Waals surface area (Å²) in [6.45, 7) is 0. The van der Waals surface area contributed by atoms with E-state index in [9.17, 15) is 18.0 Å². The molecule has 1 N–H and O–H groups in total. The van der Waals surface area contributed by atoms with Crippen molar-refractivity contribution in [1.82, 2.24) is 4.98 Å². The van der Waals surface area contributed by atoms with E-state index in [4.69, 9.17) is 0 Å². The maximum absolute atomic E-state index is 13.4. The number of nitrogens with zero attached hydrogens (tertiary/aromatic N) is 1. The van der Waals surface area contributed by atoms with Gasteiger partial charge in [0.25, 0.3) is 0 Å². The van der Waals surface area contributed by atoms with Crippen LogP contribution in [0.15, 0.2) is 66.9 Å². The van der Waals surface area contributed by atoms with Gasteiger partial charge in [0.1, 0.15) is 5.82 Å². The van der Waals surface area contributed by atoms with Crippen molar-refractivity contribution in [3.8, 4) is 0 Å². The van der Waals surface area contributed by atoms with Crippen molar-refractivity contribution in [3.63, 3.8) is 0 Å². The van der Waals surface area contributed by atoms with Gasteiger partial charge in [-0.15, -0.1) is 0 Å². The highest BCUT2D eigenvalue weighted by Crippen LogP contribution is 2.23. The van der Waals surface area contributed by atoms with E-state index in [2.05, 4.69) is 10.3 Å². The predicted octanol–water partition coefficient (Wildman–Crippen LogP) is 4.46. The molecule has 6 heteroatoms. The zero-order valence-corrected chi connectivity index (χ0v) is 13.6. The molecular formula is C20H15F3N2O. The fourth-order valence-corrected chi connectivity index (χ4v) is 2.59. The summed E-state index contributed by atoms with van der Waals surface area (Å²) in [5, 5.41) is 2.58. The SMILES string of the molecule is O=C(Nc1ccc(F)c(F)c1)C(Cc1ccccn1)c1ccc(F)cc1. The van der Waals surface area contributed by atoms with Gasteiger partial charge in [-0.1, -0.05) is 18.2 Å². The summed E-state index contributed by atoms with van der Waals surface area (Å²) in [5.41, 5.74) is 1.42. The molecule has 0 spiro atoms. The van der Waals surface area contributed by atoms with E-state index < -0.39 is 29.3 Å². The van der Waals surface area contributed by atoms with Crippen molar-refractivity contribution in [2.24, 2.45) is 0 Å². The number of nitrogens with one attached hydrogen (secondary N) is 1. The zero-order chi connectivity index (χ0) is 18.5. The Morgan fingerprint density at radius 2 is 1.73 bits per heavy atom. The van der Waals surface area contributed by atoms with Gasteiger partial charge in [-0.05, 0) is 42.0 Å². The maximum atomic E-state index is 13.4. The molecular weight excluding hydrogens is 341 g/mol. The minimum absolute atomic E-state index is 0.141. The molecule has 0 fully saturated rings. The lowest BCUT2D eigenvalue weighted by Gasteiger charge is -2.17. The fourth-order valence-electron chi connectivity index (χ4n) is 2.59. The Morgan fingerprint density at radius 3 is 2.38 bits per heavy atom. The molecule has 0 saturated carbocycles. The number of carbonyl (C=O) groups is 1. The molecule has 0 saturated heterocycles. The molecule has 3 aromatic rings. The quantitative estimate of drug-likeness (QED) is 0.733. The number of carbonyl (C=O) groups excluding carboxylic acids is 1. The van der Waals surface area contributed by atoms with Crippen molar-refractivity contribution in [2.75, 3.05) is 5.32 Å². The molecule has 26 heavy (non-hydrogen) atoms. The first-order valence-electron chi connectivity index (χ1n) is 7.94. The Bertz CT molecular complexity index is 899. The third-order valence-electron chi connectivity index (χ3n) is 3.92. The van der Waals surface area contributed by atoms with E-state index >= 15 is 0 Å². The van der Waals surface area contributed by atoms with E-state index in [0.29, 0.717) is 11.3 Å². The van der Waals surface area contributed by atoms with Gasteiger partial charge in [-0.3, -0.25) is 9.78 Å². The number of pyridine rings is 1. The number of anilines is 1. The Labute approximate surface area is 148 Å². The molecule has 0 bridgehead atoms. The Hall–Kier alpha value is -3.15. The molecule has 2 aromatic carbocycles.